The summed E-state index contributed by atoms with van der Waals surface area (Å²) in [7, 11) is -2.69. The molecule has 0 aliphatic heterocycles. The maximum Gasteiger partial charge on any atom is 0.179 e. The van der Waals surface area contributed by atoms with Gasteiger partial charge in [0.15, 0.2) is 8.07 Å². The van der Waals surface area contributed by atoms with E-state index in [1.54, 1.807) is 0 Å². The first kappa shape index (κ1) is 34.7. The van der Waals surface area contributed by atoms with Gasteiger partial charge in [0.25, 0.3) is 0 Å². The average molecular weight is 747 g/mol. The Morgan fingerprint density at radius 3 is 1.58 bits per heavy atom. The molecule has 0 fully saturated rings. The molecule has 1 aliphatic carbocycles. The number of hydrogen-bond acceptors (Lipinski definition) is 1. The average Bonchev–Trinajstić information content (AvgIpc) is 3.77. The summed E-state index contributed by atoms with van der Waals surface area (Å²) in [4.78, 5) is 0. The van der Waals surface area contributed by atoms with Crippen LogP contribution < -0.4 is 20.7 Å². The molecule has 0 atom stereocenters. The van der Waals surface area contributed by atoms with E-state index < -0.39 is 8.07 Å². The van der Waals surface area contributed by atoms with Crippen molar-refractivity contribution in [2.24, 2.45) is 0 Å². The van der Waals surface area contributed by atoms with Crippen LogP contribution in [0.25, 0.3) is 49.7 Å². The van der Waals surface area contributed by atoms with E-state index in [1.165, 1.54) is 64.9 Å². The van der Waals surface area contributed by atoms with Crippen LogP contribution in [0.15, 0.2) is 194 Å². The smallest absolute Gasteiger partial charge is 0.179 e. The number of nitrogens with zero attached hydrogens (tertiary/aromatic N) is 2. The van der Waals surface area contributed by atoms with Crippen LogP contribution in [0.1, 0.15) is 43.4 Å². The molecule has 1 aromatic heterocycles. The minimum Gasteiger partial charge on any atom is -0.309 e. The largest absolute Gasteiger partial charge is 0.309 e. The van der Waals surface area contributed by atoms with Gasteiger partial charge in [0.2, 0.25) is 0 Å². The highest BCUT2D eigenvalue weighted by atomic mass is 28.3. The van der Waals surface area contributed by atoms with Crippen LogP contribution in [0.4, 0.5) is 0 Å². The molecule has 1 heterocycles. The van der Waals surface area contributed by atoms with Crippen molar-refractivity contribution in [2.45, 2.75) is 32.1 Å². The quantitative estimate of drug-likeness (QED) is 0.112. The van der Waals surface area contributed by atoms with E-state index in [0.717, 1.165) is 29.6 Å². The van der Waals surface area contributed by atoms with Crippen LogP contribution in [0, 0.1) is 11.3 Å². The monoisotopic (exact) mass is 746 g/mol. The van der Waals surface area contributed by atoms with Gasteiger partial charge in [0.1, 0.15) is 0 Å². The van der Waals surface area contributed by atoms with E-state index in [1.807, 2.05) is 24.3 Å². The van der Waals surface area contributed by atoms with Gasteiger partial charge >= 0.3 is 0 Å². The lowest BCUT2D eigenvalue weighted by atomic mass is 9.73. The highest BCUT2D eigenvalue weighted by molar-refractivity contribution is 7.19. The van der Waals surface area contributed by atoms with Crippen molar-refractivity contribution < 1.29 is 0 Å². The molecule has 1 aliphatic rings. The predicted molar refractivity (Wildman–Crippen MR) is 241 cm³/mol. The second kappa shape index (κ2) is 13.8. The minimum atomic E-state index is -2.69. The molecule has 0 amide bonds. The van der Waals surface area contributed by atoms with E-state index in [2.05, 4.69) is 194 Å². The lowest BCUT2D eigenvalue weighted by molar-refractivity contribution is 0.491. The molecule has 0 unspecified atom stereocenters. The van der Waals surface area contributed by atoms with Crippen molar-refractivity contribution in [2.75, 3.05) is 0 Å². The van der Waals surface area contributed by atoms with Gasteiger partial charge in [-0.05, 0) is 116 Å². The van der Waals surface area contributed by atoms with Gasteiger partial charge in [0, 0.05) is 21.9 Å². The van der Waals surface area contributed by atoms with Gasteiger partial charge in [-0.2, -0.15) is 5.26 Å². The predicted octanol–water partition coefficient (Wildman–Crippen LogP) is 10.8. The molecule has 0 radical (unpaired) electrons. The molecule has 10 rings (SSSR count). The zero-order chi connectivity index (χ0) is 38.6. The van der Waals surface area contributed by atoms with Crippen LogP contribution in [0.5, 0.6) is 0 Å². The fraction of sp³-hybridized carbons (Fsp3) is 0.0926. The van der Waals surface area contributed by atoms with E-state index in [0.29, 0.717) is 5.56 Å². The summed E-state index contributed by atoms with van der Waals surface area (Å²) in [5, 5.41) is 17.5. The number of hydrogen-bond donors (Lipinski definition) is 0. The van der Waals surface area contributed by atoms with Crippen LogP contribution in [-0.2, 0) is 5.41 Å². The standard InChI is InChI=1S/C54H42N2Si/c1-3-54(4-2)50-35-40(39-27-33-53-49(34-39)48-22-14-15-23-52(48)56(53)41-28-24-38(37-55)25-29-41)26-31-46(50)47-32-30-45(36-51(47)54)57(42-16-8-5-9-17-42,43-18-10-6-11-19-43)44-20-12-7-13-21-44/h5-36H,3-4H2,1-2H3. The van der Waals surface area contributed by atoms with Crippen molar-refractivity contribution in [3.8, 4) is 34.0 Å². The summed E-state index contributed by atoms with van der Waals surface area (Å²) in [6.07, 6.45) is 2.04. The molecule has 8 aromatic carbocycles. The van der Waals surface area contributed by atoms with Gasteiger partial charge in [-0.1, -0.05) is 159 Å². The maximum atomic E-state index is 9.43. The minimum absolute atomic E-state index is 0.114. The number of fused-ring (bicyclic) bond motifs is 6. The highest BCUT2D eigenvalue weighted by Gasteiger charge is 2.45. The zero-order valence-corrected chi connectivity index (χ0v) is 33.3. The summed E-state index contributed by atoms with van der Waals surface area (Å²) in [6.45, 7) is 4.75. The second-order valence-corrected chi connectivity index (χ2v) is 19.2. The van der Waals surface area contributed by atoms with E-state index >= 15 is 0 Å². The number of rotatable bonds is 8. The second-order valence-electron chi connectivity index (χ2n) is 15.4. The summed E-state index contributed by atoms with van der Waals surface area (Å²) in [6, 6.07) is 74.2. The van der Waals surface area contributed by atoms with Gasteiger partial charge in [0.05, 0.1) is 22.7 Å². The van der Waals surface area contributed by atoms with E-state index in [9.17, 15) is 5.26 Å². The summed E-state index contributed by atoms with van der Waals surface area (Å²) in [5.41, 5.74) is 12.0. The molecule has 3 heteroatoms. The molecular formula is C54H42N2Si. The third kappa shape index (κ3) is 5.22. The number of para-hydroxylation sites is 1. The van der Waals surface area contributed by atoms with E-state index in [-0.39, 0.29) is 5.41 Å². The molecule has 57 heavy (non-hydrogen) atoms. The fourth-order valence-corrected chi connectivity index (χ4v) is 14.9. The SMILES string of the molecule is CCC1(CC)c2cc(-c3ccc4c(c3)c3ccccc3n4-c3ccc(C#N)cc3)ccc2-c2ccc([Si](c3ccccc3)(c3ccccc3)c3ccccc3)cc21. The van der Waals surface area contributed by atoms with Gasteiger partial charge in [-0.25, -0.2) is 0 Å². The normalized spacial score (nSPS) is 13.0. The van der Waals surface area contributed by atoms with Crippen molar-refractivity contribution >= 4 is 50.6 Å². The third-order valence-corrected chi connectivity index (χ3v) is 17.7. The lowest BCUT2D eigenvalue weighted by Gasteiger charge is -2.36. The molecule has 2 nitrogen and oxygen atoms in total. The molecule has 272 valence electrons. The van der Waals surface area contributed by atoms with Crippen LogP contribution in [-0.4, -0.2) is 12.6 Å². The maximum absolute atomic E-state index is 9.43. The number of nitriles is 1. The first-order valence-corrected chi connectivity index (χ1v) is 22.1. The molecule has 0 bridgehead atoms. The topological polar surface area (TPSA) is 28.7 Å². The van der Waals surface area contributed by atoms with Crippen LogP contribution >= 0.6 is 0 Å². The van der Waals surface area contributed by atoms with Crippen molar-refractivity contribution in [3.05, 3.63) is 211 Å². The van der Waals surface area contributed by atoms with Crippen molar-refractivity contribution in [1.29, 1.82) is 5.26 Å². The number of aromatic nitrogens is 1. The fourth-order valence-electron chi connectivity index (χ4n) is 10.1. The van der Waals surface area contributed by atoms with Crippen LogP contribution in [0.3, 0.4) is 0 Å². The first-order chi connectivity index (χ1) is 28.1. The summed E-state index contributed by atoms with van der Waals surface area (Å²) in [5.74, 6) is 0. The van der Waals surface area contributed by atoms with Gasteiger partial charge in [-0.15, -0.1) is 0 Å². The molecule has 0 N–H and O–H groups in total. The highest BCUT2D eigenvalue weighted by Crippen LogP contribution is 2.53. The summed E-state index contributed by atoms with van der Waals surface area (Å²) >= 11 is 0. The van der Waals surface area contributed by atoms with Crippen molar-refractivity contribution in [3.63, 3.8) is 0 Å². The Morgan fingerprint density at radius 2 is 0.982 bits per heavy atom. The molecule has 9 aromatic rings. The Bertz CT molecular complexity index is 2870. The number of benzene rings is 8. The Balaban J connectivity index is 1.14. The van der Waals surface area contributed by atoms with Gasteiger partial charge in [-0.3, -0.25) is 0 Å². The molecule has 0 saturated heterocycles. The Morgan fingerprint density at radius 1 is 0.474 bits per heavy atom. The Labute approximate surface area is 336 Å². The Kier molecular flexibility index (Phi) is 8.40. The summed E-state index contributed by atoms with van der Waals surface area (Å²) < 4.78 is 2.31. The molecular weight excluding hydrogens is 705 g/mol. The Hall–Kier alpha value is -6.73. The molecule has 0 spiro atoms. The zero-order valence-electron chi connectivity index (χ0n) is 32.3. The van der Waals surface area contributed by atoms with Crippen LogP contribution in [0.2, 0.25) is 0 Å². The van der Waals surface area contributed by atoms with Gasteiger partial charge < -0.3 is 4.57 Å². The van der Waals surface area contributed by atoms with Crippen molar-refractivity contribution in [1.82, 2.24) is 4.57 Å². The first-order valence-electron chi connectivity index (χ1n) is 20.1. The van der Waals surface area contributed by atoms with E-state index in [4.69, 9.17) is 0 Å². The lowest BCUT2D eigenvalue weighted by Crippen LogP contribution is -2.74. The molecule has 0 saturated carbocycles. The third-order valence-electron chi connectivity index (χ3n) is 12.9.